The molecule has 0 fully saturated rings. The molecule has 0 aliphatic carbocycles. The molecule has 2 aromatic rings. The van der Waals surface area contributed by atoms with Crippen LogP contribution in [-0.2, 0) is 11.2 Å². The van der Waals surface area contributed by atoms with Crippen LogP contribution in [-0.4, -0.2) is 49.8 Å². The van der Waals surface area contributed by atoms with Gasteiger partial charge in [-0.05, 0) is 30.2 Å². The van der Waals surface area contributed by atoms with Crippen LogP contribution in [0.1, 0.15) is 16.1 Å². The van der Waals surface area contributed by atoms with E-state index in [0.29, 0.717) is 31.3 Å². The Labute approximate surface area is 141 Å². The highest BCUT2D eigenvalue weighted by Crippen LogP contribution is 2.11. The molecule has 24 heavy (non-hydrogen) atoms. The van der Waals surface area contributed by atoms with Crippen molar-refractivity contribution in [1.29, 1.82) is 0 Å². The molecule has 1 heterocycles. The van der Waals surface area contributed by atoms with E-state index < -0.39 is 0 Å². The van der Waals surface area contributed by atoms with Crippen molar-refractivity contribution in [3.63, 3.8) is 0 Å². The van der Waals surface area contributed by atoms with E-state index in [4.69, 9.17) is 9.47 Å². The molecular weight excluding hydrogens is 308 g/mol. The van der Waals surface area contributed by atoms with E-state index in [-0.39, 0.29) is 5.91 Å². The molecule has 1 aromatic heterocycles. The smallest absolute Gasteiger partial charge is 0.270 e. The first kappa shape index (κ1) is 17.7. The van der Waals surface area contributed by atoms with E-state index in [0.717, 1.165) is 12.2 Å². The van der Waals surface area contributed by atoms with Crippen LogP contribution in [0.2, 0.25) is 0 Å². The summed E-state index contributed by atoms with van der Waals surface area (Å²) < 4.78 is 10.0. The van der Waals surface area contributed by atoms with Crippen molar-refractivity contribution < 1.29 is 14.3 Å². The molecule has 0 unspecified atom stereocenters. The number of amides is 1. The highest BCUT2D eigenvalue weighted by atomic mass is 16.5. The van der Waals surface area contributed by atoms with Gasteiger partial charge >= 0.3 is 0 Å². The van der Waals surface area contributed by atoms with Gasteiger partial charge in [0.25, 0.3) is 5.91 Å². The number of carbonyl (C=O) groups excluding carboxylic acids is 1. The molecule has 0 radical (unpaired) electrons. The molecule has 7 heteroatoms. The first-order valence-electron chi connectivity index (χ1n) is 7.70. The van der Waals surface area contributed by atoms with Crippen molar-refractivity contribution in [3.05, 3.63) is 47.8 Å². The predicted molar refractivity (Wildman–Crippen MR) is 91.4 cm³/mol. The van der Waals surface area contributed by atoms with Gasteiger partial charge in [0.1, 0.15) is 11.4 Å². The van der Waals surface area contributed by atoms with E-state index >= 15 is 0 Å². The zero-order chi connectivity index (χ0) is 17.2. The molecule has 0 spiro atoms. The summed E-state index contributed by atoms with van der Waals surface area (Å²) in [5.74, 6) is 1.03. The van der Waals surface area contributed by atoms with Crippen LogP contribution in [0.4, 0.5) is 5.95 Å². The highest BCUT2D eigenvalue weighted by Gasteiger charge is 2.08. The lowest BCUT2D eigenvalue weighted by Crippen LogP contribution is -2.28. The third-order valence-corrected chi connectivity index (χ3v) is 3.34. The maximum atomic E-state index is 11.9. The third kappa shape index (κ3) is 5.51. The van der Waals surface area contributed by atoms with Gasteiger partial charge in [0.15, 0.2) is 0 Å². The van der Waals surface area contributed by atoms with Gasteiger partial charge in [-0.25, -0.2) is 9.97 Å². The molecule has 0 saturated carbocycles. The summed E-state index contributed by atoms with van der Waals surface area (Å²) in [6.07, 6.45) is 2.38. The molecular formula is C17H22N4O3. The summed E-state index contributed by atoms with van der Waals surface area (Å²) in [7, 11) is 3.23. The second-order valence-corrected chi connectivity index (χ2v) is 5.04. The van der Waals surface area contributed by atoms with Crippen LogP contribution in [0.5, 0.6) is 5.75 Å². The maximum Gasteiger partial charge on any atom is 0.270 e. The zero-order valence-electron chi connectivity index (χ0n) is 13.9. The normalized spacial score (nSPS) is 10.2. The molecule has 0 aliphatic rings. The minimum absolute atomic E-state index is 0.243. The highest BCUT2D eigenvalue weighted by molar-refractivity contribution is 5.92. The number of ether oxygens (including phenoxy) is 2. The van der Waals surface area contributed by atoms with Gasteiger partial charge in [0.2, 0.25) is 5.95 Å². The van der Waals surface area contributed by atoms with Gasteiger partial charge in [-0.3, -0.25) is 4.79 Å². The number of carbonyl (C=O) groups is 1. The molecule has 1 aromatic carbocycles. The summed E-state index contributed by atoms with van der Waals surface area (Å²) in [6.45, 7) is 1.57. The van der Waals surface area contributed by atoms with Crippen LogP contribution in [0.15, 0.2) is 36.5 Å². The lowest BCUT2D eigenvalue weighted by molar-refractivity contribution is 0.0932. The summed E-state index contributed by atoms with van der Waals surface area (Å²) in [6, 6.07) is 9.46. The lowest BCUT2D eigenvalue weighted by atomic mass is 10.1. The summed E-state index contributed by atoms with van der Waals surface area (Å²) in [5, 5.41) is 5.85. The van der Waals surface area contributed by atoms with Crippen molar-refractivity contribution in [1.82, 2.24) is 15.3 Å². The Morgan fingerprint density at radius 3 is 2.62 bits per heavy atom. The van der Waals surface area contributed by atoms with Crippen LogP contribution >= 0.6 is 0 Å². The number of anilines is 1. The number of hydrogen-bond donors (Lipinski definition) is 2. The van der Waals surface area contributed by atoms with Crippen molar-refractivity contribution in [3.8, 4) is 5.75 Å². The molecule has 7 nitrogen and oxygen atoms in total. The number of nitrogens with zero attached hydrogens (tertiary/aromatic N) is 2. The molecule has 128 valence electrons. The molecule has 2 rings (SSSR count). The van der Waals surface area contributed by atoms with Crippen molar-refractivity contribution >= 4 is 11.9 Å². The number of nitrogens with one attached hydrogen (secondary N) is 2. The number of benzene rings is 1. The van der Waals surface area contributed by atoms with Crippen LogP contribution in [0, 0.1) is 0 Å². The topological polar surface area (TPSA) is 85.4 Å². The van der Waals surface area contributed by atoms with Gasteiger partial charge in [-0.15, -0.1) is 0 Å². The molecule has 0 bridgehead atoms. The SMILES string of the molecule is COCCNC(=O)c1ccnc(NCCc2ccc(OC)cc2)n1. The second-order valence-electron chi connectivity index (χ2n) is 5.04. The average Bonchev–Trinajstić information content (AvgIpc) is 2.63. The van der Waals surface area contributed by atoms with Gasteiger partial charge in [-0.2, -0.15) is 0 Å². The van der Waals surface area contributed by atoms with Crippen molar-refractivity contribution in [2.45, 2.75) is 6.42 Å². The quantitative estimate of drug-likeness (QED) is 0.678. The summed E-state index contributed by atoms with van der Waals surface area (Å²) in [5.41, 5.74) is 1.50. The fraction of sp³-hybridized carbons (Fsp3) is 0.353. The minimum atomic E-state index is -0.243. The number of aromatic nitrogens is 2. The Balaban J connectivity index is 1.83. The molecule has 0 aliphatic heterocycles. The van der Waals surface area contributed by atoms with Gasteiger partial charge < -0.3 is 20.1 Å². The third-order valence-electron chi connectivity index (χ3n) is 3.34. The first-order chi connectivity index (χ1) is 11.7. The summed E-state index contributed by atoms with van der Waals surface area (Å²) >= 11 is 0. The maximum absolute atomic E-state index is 11.9. The first-order valence-corrected chi connectivity index (χ1v) is 7.70. The minimum Gasteiger partial charge on any atom is -0.497 e. The predicted octanol–water partition coefficient (Wildman–Crippen LogP) is 1.52. The molecule has 0 saturated heterocycles. The van der Waals surface area contributed by atoms with E-state index in [1.165, 1.54) is 5.56 Å². The standard InChI is InChI=1S/C17H22N4O3/c1-23-12-11-18-16(22)15-8-10-20-17(21-15)19-9-7-13-3-5-14(24-2)6-4-13/h3-6,8,10H,7,9,11-12H2,1-2H3,(H,18,22)(H,19,20,21). The Hall–Kier alpha value is -2.67. The molecule has 0 atom stereocenters. The fourth-order valence-electron chi connectivity index (χ4n) is 2.04. The van der Waals surface area contributed by atoms with Crippen LogP contribution < -0.4 is 15.4 Å². The van der Waals surface area contributed by atoms with E-state index in [1.807, 2.05) is 24.3 Å². The van der Waals surface area contributed by atoms with Crippen LogP contribution in [0.3, 0.4) is 0 Å². The number of rotatable bonds is 9. The average molecular weight is 330 g/mol. The fourth-order valence-corrected chi connectivity index (χ4v) is 2.04. The Bertz CT molecular complexity index is 647. The Morgan fingerprint density at radius 1 is 1.12 bits per heavy atom. The summed E-state index contributed by atoms with van der Waals surface area (Å²) in [4.78, 5) is 20.3. The van der Waals surface area contributed by atoms with Gasteiger partial charge in [-0.1, -0.05) is 12.1 Å². The Kier molecular flexibility index (Phi) is 6.97. The number of hydrogen-bond acceptors (Lipinski definition) is 6. The molecule has 2 N–H and O–H groups in total. The second kappa shape index (κ2) is 9.46. The van der Waals surface area contributed by atoms with Crippen molar-refractivity contribution in [2.24, 2.45) is 0 Å². The van der Waals surface area contributed by atoms with E-state index in [9.17, 15) is 4.79 Å². The zero-order valence-corrected chi connectivity index (χ0v) is 13.9. The Morgan fingerprint density at radius 2 is 1.92 bits per heavy atom. The van der Waals surface area contributed by atoms with Crippen molar-refractivity contribution in [2.75, 3.05) is 39.2 Å². The molecule has 1 amide bonds. The van der Waals surface area contributed by atoms with E-state index in [2.05, 4.69) is 20.6 Å². The van der Waals surface area contributed by atoms with E-state index in [1.54, 1.807) is 26.5 Å². The largest absolute Gasteiger partial charge is 0.497 e. The van der Waals surface area contributed by atoms with Crippen LogP contribution in [0.25, 0.3) is 0 Å². The van der Waals surface area contributed by atoms with Gasteiger partial charge in [0.05, 0.1) is 13.7 Å². The lowest BCUT2D eigenvalue weighted by Gasteiger charge is -2.08. The monoisotopic (exact) mass is 330 g/mol. The van der Waals surface area contributed by atoms with Gasteiger partial charge in [0, 0.05) is 26.4 Å². The number of methoxy groups -OCH3 is 2.